The van der Waals surface area contributed by atoms with Crippen molar-refractivity contribution in [1.29, 1.82) is 0 Å². The molecule has 0 bridgehead atoms. The minimum Gasteiger partial charge on any atom is -0.305 e. The molecule has 0 atom stereocenters. The van der Waals surface area contributed by atoms with E-state index >= 15 is 0 Å². The Morgan fingerprint density at radius 3 is 2.33 bits per heavy atom. The Kier molecular flexibility index (Phi) is 5.04. The number of likely N-dealkylation sites (N-methyl/N-ethyl adjacent to an activating group) is 1. The summed E-state index contributed by atoms with van der Waals surface area (Å²) in [6.45, 7) is 2.65. The third-order valence-electron chi connectivity index (χ3n) is 9.01. The van der Waals surface area contributed by atoms with Gasteiger partial charge in [0.05, 0.1) is 45.8 Å². The Labute approximate surface area is 226 Å². The van der Waals surface area contributed by atoms with E-state index in [2.05, 4.69) is 41.0 Å². The summed E-state index contributed by atoms with van der Waals surface area (Å²) < 4.78 is 2.11. The van der Waals surface area contributed by atoms with E-state index in [4.69, 9.17) is 15.1 Å². The van der Waals surface area contributed by atoms with Gasteiger partial charge in [0.15, 0.2) is 0 Å². The zero-order valence-corrected chi connectivity index (χ0v) is 22.0. The predicted molar refractivity (Wildman–Crippen MR) is 147 cm³/mol. The van der Waals surface area contributed by atoms with Crippen molar-refractivity contribution in [2.24, 2.45) is 5.92 Å². The van der Waals surface area contributed by atoms with Gasteiger partial charge in [0.2, 0.25) is 0 Å². The van der Waals surface area contributed by atoms with Gasteiger partial charge >= 0.3 is 0 Å². The van der Waals surface area contributed by atoms with Crippen molar-refractivity contribution in [3.05, 3.63) is 77.2 Å². The van der Waals surface area contributed by atoms with Crippen LogP contribution in [0.1, 0.15) is 75.5 Å². The van der Waals surface area contributed by atoms with Crippen molar-refractivity contribution in [3.8, 4) is 11.3 Å². The third-order valence-corrected chi connectivity index (χ3v) is 9.01. The first-order valence-corrected chi connectivity index (χ1v) is 14.0. The van der Waals surface area contributed by atoms with Gasteiger partial charge in [-0.1, -0.05) is 18.2 Å². The van der Waals surface area contributed by atoms with Gasteiger partial charge in [0.1, 0.15) is 0 Å². The molecule has 8 heteroatoms. The fraction of sp³-hybridized carbons (Fsp3) is 0.387. The smallest absolute Gasteiger partial charge is 0.261 e. The van der Waals surface area contributed by atoms with Gasteiger partial charge in [-0.2, -0.15) is 5.10 Å². The normalized spacial score (nSPS) is 23.3. The van der Waals surface area contributed by atoms with Crippen LogP contribution >= 0.6 is 0 Å². The van der Waals surface area contributed by atoms with E-state index in [-0.39, 0.29) is 17.9 Å². The van der Waals surface area contributed by atoms with Crippen molar-refractivity contribution in [1.82, 2.24) is 29.5 Å². The highest BCUT2D eigenvalue weighted by Crippen LogP contribution is 2.46. The van der Waals surface area contributed by atoms with Crippen LogP contribution < -0.4 is 0 Å². The number of imide groups is 1. The zero-order valence-electron chi connectivity index (χ0n) is 22.0. The van der Waals surface area contributed by atoms with Crippen LogP contribution in [0.25, 0.3) is 22.3 Å². The molecule has 0 unspecified atom stereocenters. The van der Waals surface area contributed by atoms with Gasteiger partial charge in [-0.05, 0) is 68.5 Å². The maximum atomic E-state index is 12.8. The molecule has 2 aliphatic heterocycles. The maximum Gasteiger partial charge on any atom is 0.261 e. The summed E-state index contributed by atoms with van der Waals surface area (Å²) in [6.07, 6.45) is 8.17. The van der Waals surface area contributed by atoms with Gasteiger partial charge in [-0.3, -0.25) is 24.2 Å². The van der Waals surface area contributed by atoms with E-state index in [9.17, 15) is 9.59 Å². The molecule has 0 N–H and O–H groups in total. The number of amides is 2. The van der Waals surface area contributed by atoms with Crippen LogP contribution in [-0.2, 0) is 0 Å². The molecule has 8 rings (SSSR count). The van der Waals surface area contributed by atoms with Crippen LogP contribution in [0.4, 0.5) is 0 Å². The summed E-state index contributed by atoms with van der Waals surface area (Å²) in [5.74, 6) is 1.02. The van der Waals surface area contributed by atoms with Gasteiger partial charge < -0.3 is 4.90 Å². The van der Waals surface area contributed by atoms with Crippen molar-refractivity contribution in [2.45, 2.75) is 43.6 Å². The quantitative estimate of drug-likeness (QED) is 0.346. The molecule has 39 heavy (non-hydrogen) atoms. The Balaban J connectivity index is 1.01. The summed E-state index contributed by atoms with van der Waals surface area (Å²) in [4.78, 5) is 39.1. The minimum atomic E-state index is -0.168. The Morgan fingerprint density at radius 1 is 0.897 bits per heavy atom. The zero-order chi connectivity index (χ0) is 26.2. The first kappa shape index (κ1) is 23.0. The molecule has 4 heterocycles. The number of rotatable bonds is 6. The maximum absolute atomic E-state index is 12.8. The minimum absolute atomic E-state index is 0.168. The topological polar surface area (TPSA) is 84.2 Å². The van der Waals surface area contributed by atoms with Crippen LogP contribution in [0.5, 0.6) is 0 Å². The predicted octanol–water partition coefficient (Wildman–Crippen LogP) is 4.65. The second-order valence-electron chi connectivity index (χ2n) is 11.9. The molecule has 2 aromatic heterocycles. The number of carbonyl (C=O) groups is 2. The molecule has 0 spiro atoms. The molecule has 4 aromatic rings. The average Bonchev–Trinajstić information content (AvgIpc) is 3.62. The number of nitrogens with zero attached hydrogens (tertiary/aromatic N) is 6. The average molecular weight is 519 g/mol. The number of fused-ring (bicyclic) bond motifs is 2. The number of aromatic nitrogens is 4. The van der Waals surface area contributed by atoms with Crippen LogP contribution in [-0.4, -0.2) is 68.0 Å². The van der Waals surface area contributed by atoms with Crippen LogP contribution in [0.15, 0.2) is 54.9 Å². The molecule has 2 aromatic carbocycles. The number of likely N-dealkylation sites (tertiary alicyclic amines) is 1. The first-order valence-electron chi connectivity index (χ1n) is 14.0. The van der Waals surface area contributed by atoms with Crippen LogP contribution in [0.2, 0.25) is 0 Å². The summed E-state index contributed by atoms with van der Waals surface area (Å²) in [6, 6.07) is 13.9. The SMILES string of the molecule is CN1CC(c2ccc3ncc(-c4cn([C@H]5C[C@H](CN6C(=O)c7ccccc7C6=O)C5)nc4C4CC4)nc3c2)C1. The summed E-state index contributed by atoms with van der Waals surface area (Å²) in [7, 11) is 2.15. The molecular formula is C31H30N6O2. The van der Waals surface area contributed by atoms with E-state index in [1.54, 1.807) is 12.1 Å². The van der Waals surface area contributed by atoms with Gasteiger partial charge in [0.25, 0.3) is 11.8 Å². The van der Waals surface area contributed by atoms with E-state index in [0.717, 1.165) is 66.8 Å². The molecule has 3 fully saturated rings. The second kappa shape index (κ2) is 8.55. The molecule has 2 aliphatic carbocycles. The van der Waals surface area contributed by atoms with E-state index in [0.29, 0.717) is 35.4 Å². The molecule has 2 saturated carbocycles. The lowest BCUT2D eigenvalue weighted by Crippen LogP contribution is -2.41. The van der Waals surface area contributed by atoms with Gasteiger partial charge in [-0.25, -0.2) is 4.98 Å². The summed E-state index contributed by atoms with van der Waals surface area (Å²) >= 11 is 0. The van der Waals surface area contributed by atoms with E-state index in [1.807, 2.05) is 18.3 Å². The summed E-state index contributed by atoms with van der Waals surface area (Å²) in [5, 5.41) is 5.05. The standard InChI is InChI=1S/C31H30N6O2/c1-35-15-21(16-35)20-8-9-26-27(12-20)33-28(13-32-26)25-17-37(34-29(25)19-6-7-19)22-10-18(11-22)14-36-30(38)23-4-2-3-5-24(23)31(36)39/h2-5,8-9,12-13,17-19,21-22H,6-7,10-11,14-16H2,1H3/t18-,22-. The molecule has 1 saturated heterocycles. The molecule has 8 nitrogen and oxygen atoms in total. The lowest BCUT2D eigenvalue weighted by Gasteiger charge is -2.37. The van der Waals surface area contributed by atoms with Crippen molar-refractivity contribution in [3.63, 3.8) is 0 Å². The Morgan fingerprint density at radius 2 is 1.64 bits per heavy atom. The number of hydrogen-bond donors (Lipinski definition) is 0. The number of carbonyl (C=O) groups excluding carboxylic acids is 2. The van der Waals surface area contributed by atoms with Crippen molar-refractivity contribution >= 4 is 22.8 Å². The molecular weight excluding hydrogens is 488 g/mol. The molecule has 0 radical (unpaired) electrons. The highest BCUT2D eigenvalue weighted by Gasteiger charge is 2.41. The van der Waals surface area contributed by atoms with Crippen molar-refractivity contribution < 1.29 is 9.59 Å². The molecule has 196 valence electrons. The van der Waals surface area contributed by atoms with Gasteiger partial charge in [-0.15, -0.1) is 0 Å². The van der Waals surface area contributed by atoms with Crippen LogP contribution in [0, 0.1) is 5.92 Å². The van der Waals surface area contributed by atoms with Gasteiger partial charge in [0, 0.05) is 43.2 Å². The van der Waals surface area contributed by atoms with E-state index in [1.165, 1.54) is 10.5 Å². The van der Waals surface area contributed by atoms with Crippen LogP contribution in [0.3, 0.4) is 0 Å². The highest BCUT2D eigenvalue weighted by atomic mass is 16.2. The largest absolute Gasteiger partial charge is 0.305 e. The van der Waals surface area contributed by atoms with E-state index < -0.39 is 0 Å². The Hall–Kier alpha value is -3.91. The number of benzene rings is 2. The van der Waals surface area contributed by atoms with Crippen molar-refractivity contribution in [2.75, 3.05) is 26.7 Å². The fourth-order valence-electron chi connectivity index (χ4n) is 6.50. The third kappa shape index (κ3) is 3.80. The number of hydrogen-bond acceptors (Lipinski definition) is 6. The lowest BCUT2D eigenvalue weighted by molar-refractivity contribution is 0.0561. The lowest BCUT2D eigenvalue weighted by atomic mass is 9.80. The second-order valence-corrected chi connectivity index (χ2v) is 11.9. The highest BCUT2D eigenvalue weighted by molar-refractivity contribution is 6.21. The Bertz CT molecular complexity index is 1610. The first-order chi connectivity index (χ1) is 19.0. The fourth-order valence-corrected chi connectivity index (χ4v) is 6.50. The molecule has 4 aliphatic rings. The summed E-state index contributed by atoms with van der Waals surface area (Å²) in [5.41, 5.74) is 7.35. The molecule has 2 amide bonds. The monoisotopic (exact) mass is 518 g/mol.